The molecule has 0 bridgehead atoms. The predicted molar refractivity (Wildman–Crippen MR) is 73.4 cm³/mol. The van der Waals surface area contributed by atoms with Crippen LogP contribution in [0.25, 0.3) is 22.6 Å². The quantitative estimate of drug-likeness (QED) is 0.650. The summed E-state index contributed by atoms with van der Waals surface area (Å²) in [5, 5.41) is 0. The van der Waals surface area contributed by atoms with Crippen LogP contribution in [-0.4, -0.2) is 14.5 Å². The summed E-state index contributed by atoms with van der Waals surface area (Å²) < 4.78 is 2.06. The molecule has 0 aliphatic heterocycles. The van der Waals surface area contributed by atoms with Crippen molar-refractivity contribution in [1.29, 1.82) is 0 Å². The van der Waals surface area contributed by atoms with Crippen molar-refractivity contribution in [1.82, 2.24) is 14.5 Å². The fourth-order valence-corrected chi connectivity index (χ4v) is 2.31. The summed E-state index contributed by atoms with van der Waals surface area (Å²) in [7, 11) is 2.02. The van der Waals surface area contributed by atoms with Gasteiger partial charge in [-0.25, -0.2) is 9.97 Å². The van der Waals surface area contributed by atoms with E-state index >= 15 is 0 Å². The lowest BCUT2D eigenvalue weighted by molar-refractivity contribution is 0.937. The topological polar surface area (TPSA) is 30.7 Å². The molecule has 0 aliphatic carbocycles. The maximum Gasteiger partial charge on any atom is 0.160 e. The van der Waals surface area contributed by atoms with Crippen LogP contribution in [0, 0.1) is 13.8 Å². The number of aromatic nitrogens is 3. The fraction of sp³-hybridized carbons (Fsp3) is 0.200. The molecule has 0 N–H and O–H groups in total. The second-order valence-electron chi connectivity index (χ2n) is 4.61. The molecule has 3 heteroatoms. The van der Waals surface area contributed by atoms with E-state index < -0.39 is 0 Å². The molecule has 0 amide bonds. The van der Waals surface area contributed by atoms with E-state index in [9.17, 15) is 0 Å². The summed E-state index contributed by atoms with van der Waals surface area (Å²) in [6.45, 7) is 4.10. The van der Waals surface area contributed by atoms with Gasteiger partial charge in [-0.05, 0) is 25.5 Å². The second kappa shape index (κ2) is 3.95. The maximum atomic E-state index is 4.72. The SMILES string of the molecule is Cc1cc(C)c2nc(-c3ccccc3)n(C)c2n1. The van der Waals surface area contributed by atoms with E-state index in [0.29, 0.717) is 0 Å². The van der Waals surface area contributed by atoms with Crippen LogP contribution < -0.4 is 0 Å². The van der Waals surface area contributed by atoms with Gasteiger partial charge in [0.1, 0.15) is 11.3 Å². The summed E-state index contributed by atoms with van der Waals surface area (Å²) in [6, 6.07) is 12.3. The highest BCUT2D eigenvalue weighted by atomic mass is 15.1. The van der Waals surface area contributed by atoms with Gasteiger partial charge in [-0.1, -0.05) is 30.3 Å². The summed E-state index contributed by atoms with van der Waals surface area (Å²) >= 11 is 0. The van der Waals surface area contributed by atoms with Crippen molar-refractivity contribution in [2.45, 2.75) is 13.8 Å². The molecule has 0 fully saturated rings. The van der Waals surface area contributed by atoms with Crippen molar-refractivity contribution in [3.63, 3.8) is 0 Å². The second-order valence-corrected chi connectivity index (χ2v) is 4.61. The molecule has 3 aromatic rings. The minimum atomic E-state index is 0.950. The van der Waals surface area contributed by atoms with Crippen LogP contribution in [-0.2, 0) is 7.05 Å². The number of hydrogen-bond donors (Lipinski definition) is 0. The number of aryl methyl sites for hydroxylation is 3. The van der Waals surface area contributed by atoms with E-state index in [2.05, 4.69) is 34.7 Å². The molecule has 0 atom stereocenters. The lowest BCUT2D eigenvalue weighted by Gasteiger charge is -2.01. The van der Waals surface area contributed by atoms with E-state index in [1.165, 1.54) is 5.56 Å². The molecule has 0 spiro atoms. The maximum absolute atomic E-state index is 4.72. The van der Waals surface area contributed by atoms with Crippen LogP contribution in [0.2, 0.25) is 0 Å². The van der Waals surface area contributed by atoms with Gasteiger partial charge in [0.2, 0.25) is 0 Å². The highest BCUT2D eigenvalue weighted by Crippen LogP contribution is 2.24. The van der Waals surface area contributed by atoms with Gasteiger partial charge in [0.05, 0.1) is 0 Å². The van der Waals surface area contributed by atoms with Gasteiger partial charge in [0.25, 0.3) is 0 Å². The third-order valence-corrected chi connectivity index (χ3v) is 3.18. The fourth-order valence-electron chi connectivity index (χ4n) is 2.31. The molecule has 0 saturated heterocycles. The summed E-state index contributed by atoms with van der Waals surface area (Å²) in [6.07, 6.45) is 0. The molecule has 90 valence electrons. The summed E-state index contributed by atoms with van der Waals surface area (Å²) in [5.41, 5.74) is 5.27. The zero-order valence-corrected chi connectivity index (χ0v) is 10.8. The first kappa shape index (κ1) is 11.0. The molecule has 18 heavy (non-hydrogen) atoms. The first-order valence-corrected chi connectivity index (χ1v) is 6.03. The Labute approximate surface area is 106 Å². The molecule has 3 nitrogen and oxygen atoms in total. The molecule has 0 radical (unpaired) electrons. The van der Waals surface area contributed by atoms with E-state index in [1.54, 1.807) is 0 Å². The van der Waals surface area contributed by atoms with Crippen molar-refractivity contribution in [3.05, 3.63) is 47.7 Å². The number of benzene rings is 1. The summed E-state index contributed by atoms with van der Waals surface area (Å²) in [4.78, 5) is 9.31. The average Bonchev–Trinajstić information content (AvgIpc) is 2.69. The average molecular weight is 237 g/mol. The number of imidazole rings is 1. The minimum Gasteiger partial charge on any atom is -0.312 e. The first-order valence-electron chi connectivity index (χ1n) is 6.03. The van der Waals surface area contributed by atoms with E-state index in [1.807, 2.05) is 32.2 Å². The van der Waals surface area contributed by atoms with E-state index in [4.69, 9.17) is 4.98 Å². The predicted octanol–water partition coefficient (Wildman–Crippen LogP) is 3.25. The van der Waals surface area contributed by atoms with Gasteiger partial charge in [0.15, 0.2) is 5.65 Å². The van der Waals surface area contributed by atoms with Gasteiger partial charge in [-0.3, -0.25) is 0 Å². The molecule has 0 aliphatic rings. The Bertz CT molecular complexity index is 711. The monoisotopic (exact) mass is 237 g/mol. The number of fused-ring (bicyclic) bond motifs is 1. The van der Waals surface area contributed by atoms with E-state index in [0.717, 1.165) is 28.2 Å². The molecule has 0 unspecified atom stereocenters. The van der Waals surface area contributed by atoms with Crippen LogP contribution in [0.4, 0.5) is 0 Å². The molecule has 1 aromatic carbocycles. The van der Waals surface area contributed by atoms with E-state index in [-0.39, 0.29) is 0 Å². The Morgan fingerprint density at radius 2 is 1.72 bits per heavy atom. The largest absolute Gasteiger partial charge is 0.312 e. The highest BCUT2D eigenvalue weighted by Gasteiger charge is 2.12. The van der Waals surface area contributed by atoms with Crippen LogP contribution in [0.1, 0.15) is 11.3 Å². The van der Waals surface area contributed by atoms with Crippen LogP contribution in [0.5, 0.6) is 0 Å². The number of nitrogens with zero attached hydrogens (tertiary/aromatic N) is 3. The normalized spacial score (nSPS) is 11.1. The molecular weight excluding hydrogens is 222 g/mol. The first-order chi connectivity index (χ1) is 8.66. The lowest BCUT2D eigenvalue weighted by atomic mass is 10.2. The standard InChI is InChI=1S/C15H15N3/c1-10-9-11(2)16-15-13(10)17-14(18(15)3)12-7-5-4-6-8-12/h4-9H,1-3H3. The Morgan fingerprint density at radius 1 is 1.00 bits per heavy atom. The minimum absolute atomic E-state index is 0.950. The van der Waals surface area contributed by atoms with Crippen molar-refractivity contribution < 1.29 is 0 Å². The van der Waals surface area contributed by atoms with Crippen LogP contribution in [0.15, 0.2) is 36.4 Å². The van der Waals surface area contributed by atoms with Gasteiger partial charge in [0, 0.05) is 18.3 Å². The molecule has 3 rings (SSSR count). The van der Waals surface area contributed by atoms with Crippen molar-refractivity contribution in [3.8, 4) is 11.4 Å². The summed E-state index contributed by atoms with van der Waals surface area (Å²) in [5.74, 6) is 0.965. The Hall–Kier alpha value is -2.16. The van der Waals surface area contributed by atoms with Gasteiger partial charge in [-0.2, -0.15) is 0 Å². The van der Waals surface area contributed by atoms with Crippen molar-refractivity contribution in [2.75, 3.05) is 0 Å². The zero-order chi connectivity index (χ0) is 12.7. The highest BCUT2D eigenvalue weighted by molar-refractivity contribution is 5.80. The molecule has 0 saturated carbocycles. The van der Waals surface area contributed by atoms with Gasteiger partial charge >= 0.3 is 0 Å². The third-order valence-electron chi connectivity index (χ3n) is 3.18. The Morgan fingerprint density at radius 3 is 2.44 bits per heavy atom. The zero-order valence-electron chi connectivity index (χ0n) is 10.8. The van der Waals surface area contributed by atoms with Gasteiger partial charge in [-0.15, -0.1) is 0 Å². The molecule has 2 heterocycles. The van der Waals surface area contributed by atoms with Crippen molar-refractivity contribution in [2.24, 2.45) is 7.05 Å². The lowest BCUT2D eigenvalue weighted by Crippen LogP contribution is -1.94. The van der Waals surface area contributed by atoms with Crippen LogP contribution in [0.3, 0.4) is 0 Å². The third kappa shape index (κ3) is 1.59. The van der Waals surface area contributed by atoms with Crippen LogP contribution >= 0.6 is 0 Å². The smallest absolute Gasteiger partial charge is 0.160 e. The van der Waals surface area contributed by atoms with Crippen molar-refractivity contribution >= 4 is 11.2 Å². The Kier molecular flexibility index (Phi) is 2.40. The number of rotatable bonds is 1. The molecular formula is C15H15N3. The molecule has 2 aromatic heterocycles. The number of pyridine rings is 1. The number of hydrogen-bond acceptors (Lipinski definition) is 2. The van der Waals surface area contributed by atoms with Gasteiger partial charge < -0.3 is 4.57 Å². The Balaban J connectivity index is 2.33.